The van der Waals surface area contributed by atoms with Crippen LogP contribution in [-0.2, 0) is 9.47 Å². The first-order chi connectivity index (χ1) is 7.22. The molecule has 1 aromatic rings. The highest BCUT2D eigenvalue weighted by atomic mass is 16.7. The van der Waals surface area contributed by atoms with Gasteiger partial charge in [-0.05, 0) is 19.5 Å². The summed E-state index contributed by atoms with van der Waals surface area (Å²) in [5, 5.41) is 3.19. The van der Waals surface area contributed by atoms with Crippen molar-refractivity contribution in [3.8, 4) is 0 Å². The van der Waals surface area contributed by atoms with E-state index >= 15 is 0 Å². The Labute approximate surface area is 91.4 Å². The fourth-order valence-corrected chi connectivity index (χ4v) is 1.60. The highest BCUT2D eigenvalue weighted by Gasteiger charge is 2.20. The molecule has 0 spiro atoms. The van der Waals surface area contributed by atoms with Crippen LogP contribution in [0.5, 0.6) is 0 Å². The highest BCUT2D eigenvalue weighted by molar-refractivity contribution is 5.24. The minimum absolute atomic E-state index is 0.0561. The summed E-state index contributed by atoms with van der Waals surface area (Å²) in [4.78, 5) is 0. The Morgan fingerprint density at radius 2 is 1.60 bits per heavy atom. The van der Waals surface area contributed by atoms with E-state index in [0.29, 0.717) is 0 Å². The van der Waals surface area contributed by atoms with Crippen molar-refractivity contribution in [3.63, 3.8) is 0 Å². The van der Waals surface area contributed by atoms with Crippen molar-refractivity contribution in [1.29, 1.82) is 0 Å². The zero-order chi connectivity index (χ0) is 11.3. The summed E-state index contributed by atoms with van der Waals surface area (Å²) in [6, 6.07) is 8.40. The molecular weight excluding hydrogens is 190 g/mol. The lowest BCUT2D eigenvalue weighted by Crippen LogP contribution is -2.32. The molecule has 0 saturated heterocycles. The zero-order valence-corrected chi connectivity index (χ0v) is 9.78. The molecule has 0 amide bonds. The lowest BCUT2D eigenvalue weighted by Gasteiger charge is -2.24. The monoisotopic (exact) mass is 209 g/mol. The molecule has 0 aromatic heterocycles. The fraction of sp³-hybridized carbons (Fsp3) is 0.500. The first-order valence-corrected chi connectivity index (χ1v) is 5.02. The SMILES string of the molecule is CNC(c1ccc(C)cc1)C(OC)OC. The molecule has 1 unspecified atom stereocenters. The summed E-state index contributed by atoms with van der Waals surface area (Å²) in [5.41, 5.74) is 2.41. The maximum absolute atomic E-state index is 5.25. The first-order valence-electron chi connectivity index (χ1n) is 5.02. The third kappa shape index (κ3) is 3.02. The molecule has 1 aromatic carbocycles. The van der Waals surface area contributed by atoms with Gasteiger partial charge in [0.2, 0.25) is 0 Å². The van der Waals surface area contributed by atoms with Gasteiger partial charge < -0.3 is 14.8 Å². The van der Waals surface area contributed by atoms with Crippen LogP contribution in [0.3, 0.4) is 0 Å². The molecule has 0 heterocycles. The molecule has 0 saturated carbocycles. The van der Waals surface area contributed by atoms with Crippen LogP contribution in [-0.4, -0.2) is 27.6 Å². The summed E-state index contributed by atoms with van der Waals surface area (Å²) >= 11 is 0. The van der Waals surface area contributed by atoms with Gasteiger partial charge in [0.1, 0.15) is 0 Å². The molecule has 3 heteroatoms. The van der Waals surface area contributed by atoms with Crippen LogP contribution in [0.15, 0.2) is 24.3 Å². The molecule has 0 aliphatic rings. The number of hydrogen-bond acceptors (Lipinski definition) is 3. The highest BCUT2D eigenvalue weighted by Crippen LogP contribution is 2.19. The fourth-order valence-electron chi connectivity index (χ4n) is 1.60. The van der Waals surface area contributed by atoms with Gasteiger partial charge in [0.05, 0.1) is 6.04 Å². The van der Waals surface area contributed by atoms with Crippen LogP contribution >= 0.6 is 0 Å². The number of benzene rings is 1. The molecule has 3 nitrogen and oxygen atoms in total. The van der Waals surface area contributed by atoms with E-state index in [-0.39, 0.29) is 12.3 Å². The third-order valence-electron chi connectivity index (χ3n) is 2.48. The Bertz CT molecular complexity index is 280. The smallest absolute Gasteiger partial charge is 0.176 e. The Kier molecular flexibility index (Phi) is 4.75. The lowest BCUT2D eigenvalue weighted by atomic mass is 10.0. The van der Waals surface area contributed by atoms with Crippen molar-refractivity contribution in [3.05, 3.63) is 35.4 Å². The van der Waals surface area contributed by atoms with Gasteiger partial charge in [-0.15, -0.1) is 0 Å². The number of ether oxygens (including phenoxy) is 2. The number of nitrogens with one attached hydrogen (secondary N) is 1. The molecule has 15 heavy (non-hydrogen) atoms. The molecule has 0 fully saturated rings. The summed E-state index contributed by atoms with van der Waals surface area (Å²) in [6.07, 6.45) is -0.266. The molecule has 1 N–H and O–H groups in total. The van der Waals surface area contributed by atoms with E-state index in [9.17, 15) is 0 Å². The van der Waals surface area contributed by atoms with E-state index in [0.717, 1.165) is 5.56 Å². The topological polar surface area (TPSA) is 30.5 Å². The molecule has 0 bridgehead atoms. The number of rotatable bonds is 5. The second kappa shape index (κ2) is 5.85. The van der Waals surface area contributed by atoms with Gasteiger partial charge >= 0.3 is 0 Å². The molecule has 84 valence electrons. The second-order valence-corrected chi connectivity index (χ2v) is 3.52. The molecule has 1 rings (SSSR count). The standard InChI is InChI=1S/C12H19NO2/c1-9-5-7-10(8-6-9)11(13-2)12(14-3)15-4/h5-8,11-13H,1-4H3. The first kappa shape index (κ1) is 12.2. The van der Waals surface area contributed by atoms with E-state index < -0.39 is 0 Å². The van der Waals surface area contributed by atoms with Gasteiger partial charge in [-0.1, -0.05) is 29.8 Å². The minimum Gasteiger partial charge on any atom is -0.354 e. The average molecular weight is 209 g/mol. The Morgan fingerprint density at radius 1 is 1.07 bits per heavy atom. The Hall–Kier alpha value is -0.900. The van der Waals surface area contributed by atoms with Crippen molar-refractivity contribution >= 4 is 0 Å². The van der Waals surface area contributed by atoms with Gasteiger partial charge in [0, 0.05) is 14.2 Å². The summed E-state index contributed by atoms with van der Waals surface area (Å²) in [5.74, 6) is 0. The summed E-state index contributed by atoms with van der Waals surface area (Å²) in [7, 11) is 5.19. The maximum atomic E-state index is 5.25. The van der Waals surface area contributed by atoms with E-state index in [1.54, 1.807) is 14.2 Å². The number of aryl methyl sites for hydroxylation is 1. The molecule has 0 aliphatic carbocycles. The van der Waals surface area contributed by atoms with Crippen molar-refractivity contribution in [2.45, 2.75) is 19.3 Å². The molecule has 1 atom stereocenters. The maximum Gasteiger partial charge on any atom is 0.176 e. The van der Waals surface area contributed by atoms with Crippen LogP contribution in [0.2, 0.25) is 0 Å². The van der Waals surface area contributed by atoms with E-state index in [2.05, 4.69) is 36.5 Å². The van der Waals surface area contributed by atoms with Crippen molar-refractivity contribution in [2.75, 3.05) is 21.3 Å². The predicted octanol–water partition coefficient (Wildman–Crippen LogP) is 1.87. The quantitative estimate of drug-likeness (QED) is 0.751. The molecular formula is C12H19NO2. The lowest BCUT2D eigenvalue weighted by molar-refractivity contribution is -0.123. The summed E-state index contributed by atoms with van der Waals surface area (Å²) < 4.78 is 10.5. The number of likely N-dealkylation sites (N-methyl/N-ethyl adjacent to an activating group) is 1. The Balaban J connectivity index is 2.86. The number of methoxy groups -OCH3 is 2. The van der Waals surface area contributed by atoms with E-state index in [4.69, 9.17) is 9.47 Å². The zero-order valence-electron chi connectivity index (χ0n) is 9.78. The van der Waals surface area contributed by atoms with Gasteiger partial charge in [-0.2, -0.15) is 0 Å². The van der Waals surface area contributed by atoms with Gasteiger partial charge in [0.15, 0.2) is 6.29 Å². The van der Waals surface area contributed by atoms with Gasteiger partial charge in [0.25, 0.3) is 0 Å². The molecule has 0 radical (unpaired) electrons. The van der Waals surface area contributed by atoms with Crippen LogP contribution in [0, 0.1) is 6.92 Å². The second-order valence-electron chi connectivity index (χ2n) is 3.52. The van der Waals surface area contributed by atoms with Crippen LogP contribution in [0.1, 0.15) is 17.2 Å². The Morgan fingerprint density at radius 3 is 2.00 bits per heavy atom. The van der Waals surface area contributed by atoms with Crippen LogP contribution in [0.25, 0.3) is 0 Å². The van der Waals surface area contributed by atoms with E-state index in [1.807, 2.05) is 7.05 Å². The van der Waals surface area contributed by atoms with Gasteiger partial charge in [-0.25, -0.2) is 0 Å². The van der Waals surface area contributed by atoms with E-state index in [1.165, 1.54) is 5.56 Å². The molecule has 0 aliphatic heterocycles. The normalized spacial score (nSPS) is 13.1. The van der Waals surface area contributed by atoms with Gasteiger partial charge in [-0.3, -0.25) is 0 Å². The van der Waals surface area contributed by atoms with Crippen LogP contribution < -0.4 is 5.32 Å². The number of hydrogen-bond donors (Lipinski definition) is 1. The van der Waals surface area contributed by atoms with Crippen molar-refractivity contribution in [1.82, 2.24) is 5.32 Å². The predicted molar refractivity (Wildman–Crippen MR) is 60.8 cm³/mol. The van der Waals surface area contributed by atoms with Crippen molar-refractivity contribution < 1.29 is 9.47 Å². The third-order valence-corrected chi connectivity index (χ3v) is 2.48. The van der Waals surface area contributed by atoms with Crippen molar-refractivity contribution in [2.24, 2.45) is 0 Å². The average Bonchev–Trinajstić information content (AvgIpc) is 2.27. The minimum atomic E-state index is -0.266. The largest absolute Gasteiger partial charge is 0.354 e. The summed E-state index contributed by atoms with van der Waals surface area (Å²) in [6.45, 7) is 2.07. The van der Waals surface area contributed by atoms with Crippen LogP contribution in [0.4, 0.5) is 0 Å².